The molecule has 0 N–H and O–H groups in total. The normalized spacial score (nSPS) is 12.6. The van der Waals surface area contributed by atoms with Gasteiger partial charge in [0.05, 0.1) is 11.2 Å². The number of fused-ring (bicyclic) bond motifs is 7. The fourth-order valence-electron chi connectivity index (χ4n) is 9.10. The van der Waals surface area contributed by atoms with Gasteiger partial charge in [-0.2, -0.15) is 0 Å². The first-order valence-corrected chi connectivity index (χ1v) is 20.5. The van der Waals surface area contributed by atoms with Crippen molar-refractivity contribution >= 4 is 10.9 Å². The molecule has 0 fully saturated rings. The summed E-state index contributed by atoms with van der Waals surface area (Å²) in [7, 11) is 0. The first-order valence-electron chi connectivity index (χ1n) is 20.5. The smallest absolute Gasteiger partial charge is 0.164 e. The zero-order valence-corrected chi connectivity index (χ0v) is 33.4. The van der Waals surface area contributed by atoms with Crippen molar-refractivity contribution in [2.24, 2.45) is 0 Å². The van der Waals surface area contributed by atoms with Crippen molar-refractivity contribution in [3.05, 3.63) is 217 Å². The van der Waals surface area contributed by atoms with E-state index >= 15 is 0 Å². The van der Waals surface area contributed by atoms with Crippen molar-refractivity contribution in [2.45, 2.75) is 19.3 Å². The Morgan fingerprint density at radius 3 is 1.50 bits per heavy atom. The number of hydrogen-bond acceptors (Lipinski definition) is 3. The molecule has 2 heterocycles. The van der Waals surface area contributed by atoms with Crippen molar-refractivity contribution in [3.8, 4) is 84.5 Å². The maximum absolute atomic E-state index is 5.13. The van der Waals surface area contributed by atoms with Gasteiger partial charge in [-0.1, -0.05) is 190 Å². The van der Waals surface area contributed by atoms with Crippen LogP contribution in [0.2, 0.25) is 0 Å². The lowest BCUT2D eigenvalue weighted by molar-refractivity contribution is 0.646. The molecule has 2 aromatic heterocycles. The molecule has 0 saturated heterocycles. The Hall–Kier alpha value is -7.69. The largest absolute Gasteiger partial charge is 0.309 e. The van der Waals surface area contributed by atoms with Gasteiger partial charge in [0.1, 0.15) is 0 Å². The molecule has 0 unspecified atom stereocenters. The lowest BCUT2D eigenvalue weighted by atomic mass is 9.75. The molecule has 1 aliphatic carbocycles. The minimum absolute atomic E-state index is 0.210. The third kappa shape index (κ3) is 5.96. The van der Waals surface area contributed by atoms with Crippen LogP contribution in [0, 0.1) is 0 Å². The summed E-state index contributed by atoms with van der Waals surface area (Å²) in [5.74, 6) is 1.91. The molecule has 0 radical (unpaired) electrons. The molecule has 0 bridgehead atoms. The molecule has 4 nitrogen and oxygen atoms in total. The van der Waals surface area contributed by atoms with Gasteiger partial charge in [0, 0.05) is 44.3 Å². The molecule has 0 saturated carbocycles. The standard InChI is InChI=1S/C56H40N4/c1-56(2)48-27-14-12-25-45(48)51-47-36-42(33-34-50(47)60(44-23-10-5-11-24-44)52(51)46-26-13-15-28-49(46)56)41-21-16-22-43(35-41)55-58-53(39-19-8-4-9-20-39)57-54(59-55)40-31-29-38(30-32-40)37-17-6-3-7-18-37/h3-36H,1-2H3. The van der Waals surface area contributed by atoms with Gasteiger partial charge in [-0.25, -0.2) is 15.0 Å². The topological polar surface area (TPSA) is 43.6 Å². The van der Waals surface area contributed by atoms with Crippen LogP contribution in [0.25, 0.3) is 95.4 Å². The highest BCUT2D eigenvalue weighted by atomic mass is 15.0. The fraction of sp³-hybridized carbons (Fsp3) is 0.0536. The van der Waals surface area contributed by atoms with Gasteiger partial charge >= 0.3 is 0 Å². The summed E-state index contributed by atoms with van der Waals surface area (Å²) in [5.41, 5.74) is 17.1. The van der Waals surface area contributed by atoms with E-state index in [1.807, 2.05) is 24.3 Å². The van der Waals surface area contributed by atoms with Crippen molar-refractivity contribution in [3.63, 3.8) is 0 Å². The molecule has 11 rings (SSSR count). The molecule has 60 heavy (non-hydrogen) atoms. The number of aromatic nitrogens is 4. The van der Waals surface area contributed by atoms with E-state index in [9.17, 15) is 0 Å². The Morgan fingerprint density at radius 1 is 0.367 bits per heavy atom. The SMILES string of the molecule is CC1(C)c2ccccc2-c2c(n(-c3ccccc3)c3ccc(-c4cccc(-c5nc(-c6ccccc6)nc(-c6ccc(-c7ccccc7)cc6)n5)c4)cc23)-c2ccccc21. The molecule has 8 aromatic carbocycles. The average Bonchev–Trinajstić information content (AvgIpc) is 3.63. The molecule has 4 heteroatoms. The minimum atomic E-state index is -0.210. The molecular weight excluding hydrogens is 729 g/mol. The van der Waals surface area contributed by atoms with Gasteiger partial charge in [-0.3, -0.25) is 0 Å². The van der Waals surface area contributed by atoms with E-state index in [0.717, 1.165) is 39.1 Å². The lowest BCUT2D eigenvalue weighted by Gasteiger charge is -2.28. The van der Waals surface area contributed by atoms with Gasteiger partial charge < -0.3 is 4.57 Å². The Morgan fingerprint density at radius 2 is 0.817 bits per heavy atom. The van der Waals surface area contributed by atoms with Crippen LogP contribution in [0.1, 0.15) is 25.0 Å². The Balaban J connectivity index is 1.08. The maximum atomic E-state index is 5.13. The maximum Gasteiger partial charge on any atom is 0.164 e. The van der Waals surface area contributed by atoms with Gasteiger partial charge in [0.25, 0.3) is 0 Å². The molecule has 10 aromatic rings. The summed E-state index contributed by atoms with van der Waals surface area (Å²) in [4.78, 5) is 15.2. The van der Waals surface area contributed by atoms with Gasteiger partial charge in [0.2, 0.25) is 0 Å². The van der Waals surface area contributed by atoms with Crippen LogP contribution in [-0.4, -0.2) is 19.5 Å². The van der Waals surface area contributed by atoms with Crippen LogP contribution in [0.4, 0.5) is 0 Å². The first-order chi connectivity index (χ1) is 29.5. The third-order valence-electron chi connectivity index (χ3n) is 12.1. The minimum Gasteiger partial charge on any atom is -0.309 e. The summed E-state index contributed by atoms with van der Waals surface area (Å²) < 4.78 is 2.46. The van der Waals surface area contributed by atoms with E-state index in [2.05, 4.69) is 200 Å². The van der Waals surface area contributed by atoms with Gasteiger partial charge in [-0.05, 0) is 69.3 Å². The summed E-state index contributed by atoms with van der Waals surface area (Å²) in [6.45, 7) is 4.72. The molecule has 284 valence electrons. The average molecular weight is 769 g/mol. The van der Waals surface area contributed by atoms with E-state index in [4.69, 9.17) is 15.0 Å². The zero-order chi connectivity index (χ0) is 40.2. The van der Waals surface area contributed by atoms with Crippen LogP contribution < -0.4 is 0 Å². The number of rotatable bonds is 6. The number of nitrogens with zero attached hydrogens (tertiary/aromatic N) is 4. The van der Waals surface area contributed by atoms with Crippen LogP contribution >= 0.6 is 0 Å². The highest BCUT2D eigenvalue weighted by Gasteiger charge is 2.36. The molecule has 0 amide bonds. The highest BCUT2D eigenvalue weighted by molar-refractivity contribution is 6.09. The Labute approximate surface area is 350 Å². The predicted molar refractivity (Wildman–Crippen MR) is 247 cm³/mol. The van der Waals surface area contributed by atoms with E-state index in [-0.39, 0.29) is 5.41 Å². The summed E-state index contributed by atoms with van der Waals surface area (Å²) in [6.07, 6.45) is 0. The molecular formula is C56H40N4. The zero-order valence-electron chi connectivity index (χ0n) is 33.4. The number of para-hydroxylation sites is 1. The van der Waals surface area contributed by atoms with E-state index in [0.29, 0.717) is 17.5 Å². The van der Waals surface area contributed by atoms with Gasteiger partial charge in [-0.15, -0.1) is 0 Å². The van der Waals surface area contributed by atoms with Crippen molar-refractivity contribution in [1.82, 2.24) is 19.5 Å². The van der Waals surface area contributed by atoms with E-state index < -0.39 is 0 Å². The quantitative estimate of drug-likeness (QED) is 0.169. The van der Waals surface area contributed by atoms with E-state index in [1.54, 1.807) is 0 Å². The Bertz CT molecular complexity index is 3200. The van der Waals surface area contributed by atoms with Crippen LogP contribution in [-0.2, 0) is 5.41 Å². The molecule has 0 atom stereocenters. The lowest BCUT2D eigenvalue weighted by Crippen LogP contribution is -2.20. The van der Waals surface area contributed by atoms with Crippen LogP contribution in [0.3, 0.4) is 0 Å². The van der Waals surface area contributed by atoms with Crippen molar-refractivity contribution in [1.29, 1.82) is 0 Å². The van der Waals surface area contributed by atoms with Crippen molar-refractivity contribution < 1.29 is 0 Å². The Kier molecular flexibility index (Phi) is 8.45. The summed E-state index contributed by atoms with van der Waals surface area (Å²) in [5, 5.41) is 1.21. The van der Waals surface area contributed by atoms with Crippen LogP contribution in [0.15, 0.2) is 206 Å². The molecule has 1 aliphatic rings. The first kappa shape index (κ1) is 35.5. The fourth-order valence-corrected chi connectivity index (χ4v) is 9.10. The highest BCUT2D eigenvalue weighted by Crippen LogP contribution is 2.53. The van der Waals surface area contributed by atoms with Gasteiger partial charge in [0.15, 0.2) is 17.5 Å². The second-order valence-corrected chi connectivity index (χ2v) is 16.0. The summed E-state index contributed by atoms with van der Waals surface area (Å²) in [6, 6.07) is 73.3. The van der Waals surface area contributed by atoms with Crippen LogP contribution in [0.5, 0.6) is 0 Å². The van der Waals surface area contributed by atoms with E-state index in [1.165, 1.54) is 50.0 Å². The number of benzene rings is 8. The van der Waals surface area contributed by atoms with Crippen molar-refractivity contribution in [2.75, 3.05) is 0 Å². The molecule has 0 spiro atoms. The monoisotopic (exact) mass is 768 g/mol. The predicted octanol–water partition coefficient (Wildman–Crippen LogP) is 14.1. The summed E-state index contributed by atoms with van der Waals surface area (Å²) >= 11 is 0. The second-order valence-electron chi connectivity index (χ2n) is 16.0. The second kappa shape index (κ2) is 14.3. The molecule has 0 aliphatic heterocycles. The third-order valence-corrected chi connectivity index (χ3v) is 12.1. The number of hydrogen-bond donors (Lipinski definition) is 0.